The number of ether oxygens (including phenoxy) is 3. The van der Waals surface area contributed by atoms with Gasteiger partial charge in [0.15, 0.2) is 11.5 Å². The van der Waals surface area contributed by atoms with Crippen LogP contribution in [-0.4, -0.2) is 25.3 Å². The molecule has 2 atom stereocenters. The summed E-state index contributed by atoms with van der Waals surface area (Å²) < 4.78 is 16.2. The van der Waals surface area contributed by atoms with Gasteiger partial charge in [-0.2, -0.15) is 0 Å². The van der Waals surface area contributed by atoms with Gasteiger partial charge in [0.25, 0.3) is 0 Å². The minimum atomic E-state index is -0.699. The molecule has 0 aliphatic carbocycles. The number of benzene rings is 1. The third-order valence-electron chi connectivity index (χ3n) is 2.76. The molecule has 0 N–H and O–H groups in total. The molecule has 0 fully saturated rings. The third kappa shape index (κ3) is 2.20. The van der Waals surface area contributed by atoms with E-state index >= 15 is 0 Å². The van der Waals surface area contributed by atoms with Gasteiger partial charge in [-0.25, -0.2) is 4.79 Å². The number of fused-ring (bicyclic) bond motifs is 1. The predicted octanol–water partition coefficient (Wildman–Crippen LogP) is 2.02. The van der Waals surface area contributed by atoms with Crippen molar-refractivity contribution in [3.8, 4) is 11.5 Å². The number of hydrogen-bond acceptors (Lipinski definition) is 4. The summed E-state index contributed by atoms with van der Waals surface area (Å²) in [5.41, 5.74) is 0. The molecule has 4 heteroatoms. The lowest BCUT2D eigenvalue weighted by Gasteiger charge is -2.34. The van der Waals surface area contributed by atoms with Crippen molar-refractivity contribution in [3.63, 3.8) is 0 Å². The zero-order valence-electron chi connectivity index (χ0n) is 10.2. The van der Waals surface area contributed by atoms with E-state index in [0.717, 1.165) is 0 Å². The summed E-state index contributed by atoms with van der Waals surface area (Å²) in [5.74, 6) is 1.01. The summed E-state index contributed by atoms with van der Waals surface area (Å²) in [7, 11) is 1.35. The summed E-state index contributed by atoms with van der Waals surface area (Å²) in [5, 5.41) is 0. The molecular formula is C13H16O4. The minimum Gasteiger partial charge on any atom is -0.482 e. The van der Waals surface area contributed by atoms with Gasteiger partial charge in [0.05, 0.1) is 7.11 Å². The molecule has 0 spiro atoms. The molecule has 2 rings (SSSR count). The van der Waals surface area contributed by atoms with Crippen LogP contribution in [0.5, 0.6) is 11.5 Å². The first-order chi connectivity index (χ1) is 8.13. The Labute approximate surface area is 100 Å². The van der Waals surface area contributed by atoms with E-state index in [-0.39, 0.29) is 12.0 Å². The van der Waals surface area contributed by atoms with Gasteiger partial charge in [-0.3, -0.25) is 0 Å². The van der Waals surface area contributed by atoms with Crippen molar-refractivity contribution in [2.24, 2.45) is 5.92 Å². The highest BCUT2D eigenvalue weighted by Crippen LogP contribution is 2.35. The maximum Gasteiger partial charge on any atom is 0.351 e. The average Bonchev–Trinajstić information content (AvgIpc) is 2.36. The highest BCUT2D eigenvalue weighted by Gasteiger charge is 2.39. The molecule has 92 valence electrons. The number of para-hydroxylation sites is 2. The molecular weight excluding hydrogens is 220 g/mol. The first kappa shape index (κ1) is 11.8. The van der Waals surface area contributed by atoms with E-state index in [2.05, 4.69) is 0 Å². The Hall–Kier alpha value is -1.71. The number of carbonyl (C=O) groups is 1. The van der Waals surface area contributed by atoms with Crippen LogP contribution in [0.4, 0.5) is 0 Å². The standard InChI is InChI=1S/C13H16O4/c1-8(2)11-12(13(14)15-3)17-10-7-5-4-6-9(10)16-11/h4-8,11-12H,1-3H3/t11-,12-/m0/s1. The Morgan fingerprint density at radius 3 is 2.35 bits per heavy atom. The van der Waals surface area contributed by atoms with Crippen LogP contribution in [0.3, 0.4) is 0 Å². The Balaban J connectivity index is 2.31. The Bertz CT molecular complexity index is 414. The van der Waals surface area contributed by atoms with E-state index in [1.54, 1.807) is 6.07 Å². The summed E-state index contributed by atoms with van der Waals surface area (Å²) in [6.45, 7) is 3.97. The lowest BCUT2D eigenvalue weighted by molar-refractivity contribution is -0.157. The van der Waals surface area contributed by atoms with E-state index < -0.39 is 12.1 Å². The molecule has 1 aliphatic rings. The molecule has 4 nitrogen and oxygen atoms in total. The highest BCUT2D eigenvalue weighted by molar-refractivity contribution is 5.76. The van der Waals surface area contributed by atoms with E-state index in [1.807, 2.05) is 32.0 Å². The SMILES string of the molecule is COC(=O)[C@H]1Oc2ccccc2O[C@H]1C(C)C. The van der Waals surface area contributed by atoms with Crippen molar-refractivity contribution < 1.29 is 19.0 Å². The van der Waals surface area contributed by atoms with Crippen LogP contribution in [0.25, 0.3) is 0 Å². The van der Waals surface area contributed by atoms with Crippen molar-refractivity contribution in [1.29, 1.82) is 0 Å². The molecule has 1 aromatic rings. The van der Waals surface area contributed by atoms with E-state index in [0.29, 0.717) is 11.5 Å². The zero-order valence-corrected chi connectivity index (χ0v) is 10.2. The molecule has 0 aromatic heterocycles. The maximum atomic E-state index is 11.7. The fourth-order valence-corrected chi connectivity index (χ4v) is 1.84. The number of hydrogen-bond donors (Lipinski definition) is 0. The molecule has 1 heterocycles. The first-order valence-corrected chi connectivity index (χ1v) is 5.63. The first-order valence-electron chi connectivity index (χ1n) is 5.63. The van der Waals surface area contributed by atoms with Crippen molar-refractivity contribution in [1.82, 2.24) is 0 Å². The number of rotatable bonds is 2. The fourth-order valence-electron chi connectivity index (χ4n) is 1.84. The molecule has 0 bridgehead atoms. The fraction of sp³-hybridized carbons (Fsp3) is 0.462. The summed E-state index contributed by atoms with van der Waals surface area (Å²) >= 11 is 0. The van der Waals surface area contributed by atoms with Gasteiger partial charge in [-0.05, 0) is 18.1 Å². The molecule has 17 heavy (non-hydrogen) atoms. The van der Waals surface area contributed by atoms with Crippen LogP contribution in [0.1, 0.15) is 13.8 Å². The van der Waals surface area contributed by atoms with Crippen molar-refractivity contribution in [3.05, 3.63) is 24.3 Å². The van der Waals surface area contributed by atoms with Gasteiger partial charge < -0.3 is 14.2 Å². The van der Waals surface area contributed by atoms with Gasteiger partial charge in [-0.15, -0.1) is 0 Å². The second-order valence-corrected chi connectivity index (χ2v) is 4.33. The minimum absolute atomic E-state index is 0.160. The highest BCUT2D eigenvalue weighted by atomic mass is 16.6. The number of carbonyl (C=O) groups excluding carboxylic acids is 1. The predicted molar refractivity (Wildman–Crippen MR) is 62.1 cm³/mol. The smallest absolute Gasteiger partial charge is 0.351 e. The second kappa shape index (κ2) is 4.65. The number of methoxy groups -OCH3 is 1. The van der Waals surface area contributed by atoms with Crippen LogP contribution >= 0.6 is 0 Å². The van der Waals surface area contributed by atoms with Gasteiger partial charge in [0.2, 0.25) is 6.10 Å². The largest absolute Gasteiger partial charge is 0.482 e. The lowest BCUT2D eigenvalue weighted by Crippen LogP contribution is -2.48. The third-order valence-corrected chi connectivity index (χ3v) is 2.76. The molecule has 1 aromatic carbocycles. The molecule has 0 saturated heterocycles. The maximum absolute atomic E-state index is 11.7. The summed E-state index contributed by atoms with van der Waals surface area (Å²) in [6, 6.07) is 7.32. The molecule has 0 saturated carbocycles. The Morgan fingerprint density at radius 1 is 1.24 bits per heavy atom. The molecule has 0 radical (unpaired) electrons. The average molecular weight is 236 g/mol. The Morgan fingerprint density at radius 2 is 1.82 bits per heavy atom. The second-order valence-electron chi connectivity index (χ2n) is 4.33. The van der Waals surface area contributed by atoms with Gasteiger partial charge in [-0.1, -0.05) is 26.0 Å². The topological polar surface area (TPSA) is 44.8 Å². The van der Waals surface area contributed by atoms with E-state index in [4.69, 9.17) is 14.2 Å². The van der Waals surface area contributed by atoms with Crippen molar-refractivity contribution >= 4 is 5.97 Å². The molecule has 0 amide bonds. The van der Waals surface area contributed by atoms with Crippen LogP contribution in [-0.2, 0) is 9.53 Å². The van der Waals surface area contributed by atoms with E-state index in [1.165, 1.54) is 7.11 Å². The van der Waals surface area contributed by atoms with Crippen LogP contribution < -0.4 is 9.47 Å². The monoisotopic (exact) mass is 236 g/mol. The Kier molecular flexibility index (Phi) is 3.22. The molecule has 1 aliphatic heterocycles. The van der Waals surface area contributed by atoms with Crippen molar-refractivity contribution in [2.75, 3.05) is 7.11 Å². The summed E-state index contributed by atoms with van der Waals surface area (Å²) in [6.07, 6.45) is -1.02. The van der Waals surface area contributed by atoms with Gasteiger partial charge in [0.1, 0.15) is 6.10 Å². The van der Waals surface area contributed by atoms with Crippen LogP contribution in [0.2, 0.25) is 0 Å². The van der Waals surface area contributed by atoms with Gasteiger partial charge >= 0.3 is 5.97 Å². The summed E-state index contributed by atoms with van der Waals surface area (Å²) in [4.78, 5) is 11.7. The van der Waals surface area contributed by atoms with Crippen LogP contribution in [0, 0.1) is 5.92 Å². The van der Waals surface area contributed by atoms with Gasteiger partial charge in [0, 0.05) is 0 Å². The van der Waals surface area contributed by atoms with Crippen molar-refractivity contribution in [2.45, 2.75) is 26.1 Å². The quantitative estimate of drug-likeness (QED) is 0.737. The number of esters is 1. The molecule has 0 unspecified atom stereocenters. The normalized spacial score (nSPS) is 22.4. The lowest BCUT2D eigenvalue weighted by atomic mass is 10.00. The van der Waals surface area contributed by atoms with E-state index in [9.17, 15) is 4.79 Å². The van der Waals surface area contributed by atoms with Crippen LogP contribution in [0.15, 0.2) is 24.3 Å². The zero-order chi connectivity index (χ0) is 12.4.